The topological polar surface area (TPSA) is 87.2 Å². The van der Waals surface area contributed by atoms with Crippen molar-refractivity contribution in [2.75, 3.05) is 38.5 Å². The number of carboxylic acid groups (broad SMARTS) is 1. The summed E-state index contributed by atoms with van der Waals surface area (Å²) in [6.45, 7) is 5.76. The zero-order valence-corrected chi connectivity index (χ0v) is 15.4. The molecule has 2 aliphatic heterocycles. The quantitative estimate of drug-likeness (QED) is 0.743. The molecule has 11 heteroatoms. The van der Waals surface area contributed by atoms with Crippen LogP contribution in [0.25, 0.3) is 0 Å². The number of nitrogens with zero attached hydrogens (tertiary/aromatic N) is 2. The molecule has 7 nitrogen and oxygen atoms in total. The van der Waals surface area contributed by atoms with Crippen molar-refractivity contribution in [3.05, 3.63) is 0 Å². The number of halogens is 3. The summed E-state index contributed by atoms with van der Waals surface area (Å²) >= 11 is 0. The van der Waals surface area contributed by atoms with E-state index in [1.807, 2.05) is 0 Å². The van der Waals surface area contributed by atoms with Crippen LogP contribution in [0.15, 0.2) is 0 Å². The monoisotopic (exact) mass is 402 g/mol. The van der Waals surface area contributed by atoms with Gasteiger partial charge in [0.1, 0.15) is 0 Å². The van der Waals surface area contributed by atoms with Crippen molar-refractivity contribution >= 4 is 16.0 Å². The minimum Gasteiger partial charge on any atom is -0.475 e. The van der Waals surface area contributed by atoms with Gasteiger partial charge in [-0.2, -0.15) is 17.5 Å². The van der Waals surface area contributed by atoms with Crippen LogP contribution in [0.5, 0.6) is 0 Å². The molecule has 0 spiro atoms. The van der Waals surface area contributed by atoms with E-state index < -0.39 is 22.2 Å². The van der Waals surface area contributed by atoms with Gasteiger partial charge in [0.2, 0.25) is 10.0 Å². The Morgan fingerprint density at radius 3 is 2.35 bits per heavy atom. The molecule has 2 saturated heterocycles. The summed E-state index contributed by atoms with van der Waals surface area (Å²) < 4.78 is 63.2. The van der Waals surface area contributed by atoms with Crippen LogP contribution in [0.2, 0.25) is 0 Å². The predicted molar refractivity (Wildman–Crippen MR) is 87.2 cm³/mol. The first-order valence-electron chi connectivity index (χ1n) is 8.66. The lowest BCUT2D eigenvalue weighted by Crippen LogP contribution is -2.52. The fraction of sp³-hybridized carbons (Fsp3) is 0.933. The third-order valence-corrected chi connectivity index (χ3v) is 6.65. The molecule has 3 rings (SSSR count). The minimum atomic E-state index is -5.08. The number of hydrogen-bond donors (Lipinski definition) is 1. The fourth-order valence-electron chi connectivity index (χ4n) is 3.08. The zero-order valence-electron chi connectivity index (χ0n) is 14.6. The largest absolute Gasteiger partial charge is 0.490 e. The summed E-state index contributed by atoms with van der Waals surface area (Å²) in [7, 11) is -3.03. The van der Waals surface area contributed by atoms with Crippen LogP contribution in [0, 0.1) is 5.92 Å². The molecule has 0 amide bonds. The van der Waals surface area contributed by atoms with Crippen molar-refractivity contribution in [1.29, 1.82) is 0 Å². The standard InChI is InChI=1S/C13H24N2O3S.C2HF3O2/c1-2-19(16,17)15-6-5-14-9-13(7-12(14)8-15)18-10-11-3-4-11;3-2(4,5)1(6)7/h11-13H,2-10H2,1H3;(H,6,7). The molecule has 2 atom stereocenters. The molecule has 2 unspecified atom stereocenters. The normalized spacial score (nSPS) is 27.5. The van der Waals surface area contributed by atoms with Gasteiger partial charge in [0.15, 0.2) is 0 Å². The Hall–Kier alpha value is -0.910. The van der Waals surface area contributed by atoms with Crippen molar-refractivity contribution in [3.63, 3.8) is 0 Å². The number of alkyl halides is 3. The van der Waals surface area contributed by atoms with Crippen LogP contribution in [0.3, 0.4) is 0 Å². The Kier molecular flexibility index (Phi) is 6.92. The van der Waals surface area contributed by atoms with Crippen molar-refractivity contribution < 1.29 is 36.2 Å². The lowest BCUT2D eigenvalue weighted by molar-refractivity contribution is -0.192. The van der Waals surface area contributed by atoms with E-state index in [4.69, 9.17) is 14.6 Å². The average molecular weight is 402 g/mol. The highest BCUT2D eigenvalue weighted by Crippen LogP contribution is 2.31. The molecular weight excluding hydrogens is 377 g/mol. The van der Waals surface area contributed by atoms with E-state index in [-0.39, 0.29) is 5.75 Å². The van der Waals surface area contributed by atoms with Crippen molar-refractivity contribution in [1.82, 2.24) is 9.21 Å². The first kappa shape index (κ1) is 21.4. The third kappa shape index (κ3) is 6.07. The molecular formula is C15H25F3N2O5S. The summed E-state index contributed by atoms with van der Waals surface area (Å²) in [5.74, 6) is -1.75. The molecule has 1 saturated carbocycles. The van der Waals surface area contributed by atoms with Crippen molar-refractivity contribution in [2.45, 2.75) is 44.5 Å². The van der Waals surface area contributed by atoms with Gasteiger partial charge in [0.05, 0.1) is 11.9 Å². The SMILES string of the molecule is CCS(=O)(=O)N1CCN2CC(OCC3CC3)CC2C1.O=C(O)C(F)(F)F. The van der Waals surface area contributed by atoms with E-state index in [0.717, 1.165) is 32.0 Å². The average Bonchev–Trinajstić information content (AvgIpc) is 3.30. The van der Waals surface area contributed by atoms with Gasteiger partial charge >= 0.3 is 12.1 Å². The molecule has 1 aliphatic carbocycles. The Morgan fingerprint density at radius 1 is 1.23 bits per heavy atom. The van der Waals surface area contributed by atoms with Crippen molar-refractivity contribution in [2.24, 2.45) is 5.92 Å². The van der Waals surface area contributed by atoms with Gasteiger partial charge in [-0.05, 0) is 32.1 Å². The Balaban J connectivity index is 0.000000298. The van der Waals surface area contributed by atoms with Gasteiger partial charge in [-0.3, -0.25) is 4.90 Å². The summed E-state index contributed by atoms with van der Waals surface area (Å²) in [4.78, 5) is 11.3. The second-order valence-corrected chi connectivity index (χ2v) is 9.10. The molecule has 0 radical (unpaired) electrons. The predicted octanol–water partition coefficient (Wildman–Crippen LogP) is 1.15. The summed E-state index contributed by atoms with van der Waals surface area (Å²) in [5, 5.41) is 7.12. The number of carbonyl (C=O) groups is 1. The first-order valence-corrected chi connectivity index (χ1v) is 10.3. The number of rotatable bonds is 5. The summed E-state index contributed by atoms with van der Waals surface area (Å²) in [5.41, 5.74) is 0. The van der Waals surface area contributed by atoms with Crippen LogP contribution >= 0.6 is 0 Å². The minimum absolute atomic E-state index is 0.210. The Morgan fingerprint density at radius 2 is 1.85 bits per heavy atom. The molecule has 0 bridgehead atoms. The first-order chi connectivity index (χ1) is 12.0. The number of sulfonamides is 1. The van der Waals surface area contributed by atoms with Gasteiger partial charge in [-0.15, -0.1) is 0 Å². The van der Waals surface area contributed by atoms with Crippen LogP contribution in [0.4, 0.5) is 13.2 Å². The van der Waals surface area contributed by atoms with E-state index in [0.29, 0.717) is 25.2 Å². The molecule has 0 aromatic heterocycles. The van der Waals surface area contributed by atoms with Crippen LogP contribution < -0.4 is 0 Å². The summed E-state index contributed by atoms with van der Waals surface area (Å²) in [6.07, 6.45) is -1.14. The molecule has 26 heavy (non-hydrogen) atoms. The van der Waals surface area contributed by atoms with E-state index >= 15 is 0 Å². The highest BCUT2D eigenvalue weighted by molar-refractivity contribution is 7.89. The maximum absolute atomic E-state index is 11.9. The Labute approximate surface area is 151 Å². The van der Waals surface area contributed by atoms with Gasteiger partial charge < -0.3 is 9.84 Å². The number of carboxylic acids is 1. The molecule has 3 aliphatic rings. The lowest BCUT2D eigenvalue weighted by atomic mass is 10.2. The molecule has 1 N–H and O–H groups in total. The molecule has 0 aromatic carbocycles. The summed E-state index contributed by atoms with van der Waals surface area (Å²) in [6, 6.07) is 0.360. The van der Waals surface area contributed by atoms with Crippen LogP contribution in [0.1, 0.15) is 26.2 Å². The highest BCUT2D eigenvalue weighted by atomic mass is 32.2. The smallest absolute Gasteiger partial charge is 0.475 e. The van der Waals surface area contributed by atoms with Crippen LogP contribution in [-0.4, -0.2) is 85.6 Å². The molecule has 152 valence electrons. The zero-order chi connectivity index (χ0) is 19.5. The van der Waals surface area contributed by atoms with Gasteiger partial charge in [0, 0.05) is 38.8 Å². The molecule has 0 aromatic rings. The number of ether oxygens (including phenoxy) is 1. The highest BCUT2D eigenvalue weighted by Gasteiger charge is 2.40. The van der Waals surface area contributed by atoms with E-state index in [1.54, 1.807) is 11.2 Å². The Bertz CT molecular complexity index is 595. The van der Waals surface area contributed by atoms with Crippen molar-refractivity contribution in [3.8, 4) is 0 Å². The fourth-order valence-corrected chi connectivity index (χ4v) is 4.20. The van der Waals surface area contributed by atoms with Gasteiger partial charge in [-0.25, -0.2) is 13.2 Å². The van der Waals surface area contributed by atoms with Gasteiger partial charge in [-0.1, -0.05) is 0 Å². The second kappa shape index (κ2) is 8.41. The maximum atomic E-state index is 11.9. The third-order valence-electron chi connectivity index (χ3n) is 4.81. The van der Waals surface area contributed by atoms with E-state index in [2.05, 4.69) is 4.90 Å². The maximum Gasteiger partial charge on any atom is 0.490 e. The number of fused-ring (bicyclic) bond motifs is 1. The van der Waals surface area contributed by atoms with Crippen LogP contribution in [-0.2, 0) is 19.6 Å². The molecule has 2 heterocycles. The number of piperazine rings is 1. The molecule has 3 fully saturated rings. The number of hydrogen-bond acceptors (Lipinski definition) is 5. The second-order valence-electron chi connectivity index (χ2n) is 6.84. The van der Waals surface area contributed by atoms with Gasteiger partial charge in [0.25, 0.3) is 0 Å². The number of aliphatic carboxylic acids is 1. The van der Waals surface area contributed by atoms with E-state index in [9.17, 15) is 21.6 Å². The lowest BCUT2D eigenvalue weighted by Gasteiger charge is -2.36. The van der Waals surface area contributed by atoms with E-state index in [1.165, 1.54) is 12.8 Å².